The summed E-state index contributed by atoms with van der Waals surface area (Å²) in [6, 6.07) is 3.79. The fourth-order valence-corrected chi connectivity index (χ4v) is 2.73. The van der Waals surface area contributed by atoms with E-state index < -0.39 is 0 Å². The van der Waals surface area contributed by atoms with Crippen molar-refractivity contribution in [3.63, 3.8) is 0 Å². The van der Waals surface area contributed by atoms with Crippen molar-refractivity contribution in [3.05, 3.63) is 47.7 Å². The number of carbonyl (C=O) groups is 1. The smallest absolute Gasteiger partial charge is 0.256 e. The quantitative estimate of drug-likeness (QED) is 0.753. The lowest BCUT2D eigenvalue weighted by Crippen LogP contribution is -2.39. The highest BCUT2D eigenvalue weighted by Crippen LogP contribution is 2.24. The Kier molecular flexibility index (Phi) is 3.98. The molecule has 0 aromatic carbocycles. The van der Waals surface area contributed by atoms with E-state index in [9.17, 15) is 4.79 Å². The van der Waals surface area contributed by atoms with Crippen LogP contribution in [0.2, 0.25) is 0 Å². The number of hydrogen-bond donors (Lipinski definition) is 1. The Bertz CT molecular complexity index is 888. The third kappa shape index (κ3) is 3.01. The van der Waals surface area contributed by atoms with E-state index in [0.29, 0.717) is 31.0 Å². The molecule has 3 aromatic heterocycles. The van der Waals surface area contributed by atoms with Gasteiger partial charge in [0.15, 0.2) is 0 Å². The Morgan fingerprint density at radius 3 is 3.12 bits per heavy atom. The predicted molar refractivity (Wildman–Crippen MR) is 85.4 cm³/mol. The minimum atomic E-state index is -0.234. The van der Waals surface area contributed by atoms with Gasteiger partial charge in [0.25, 0.3) is 5.91 Å². The van der Waals surface area contributed by atoms with Crippen molar-refractivity contribution in [3.8, 4) is 11.3 Å². The van der Waals surface area contributed by atoms with E-state index in [-0.39, 0.29) is 12.0 Å². The van der Waals surface area contributed by atoms with E-state index in [4.69, 9.17) is 9.26 Å². The highest BCUT2D eigenvalue weighted by molar-refractivity contribution is 5.94. The summed E-state index contributed by atoms with van der Waals surface area (Å²) >= 11 is 0. The average molecular weight is 340 g/mol. The molecule has 3 aromatic rings. The summed E-state index contributed by atoms with van der Waals surface area (Å²) in [6.45, 7) is 2.96. The third-order valence-corrected chi connectivity index (χ3v) is 4.09. The van der Waals surface area contributed by atoms with Crippen LogP contribution in [-0.2, 0) is 17.9 Å². The highest BCUT2D eigenvalue weighted by atomic mass is 16.5. The van der Waals surface area contributed by atoms with Crippen LogP contribution in [0.1, 0.15) is 21.8 Å². The molecule has 0 bridgehead atoms. The third-order valence-electron chi connectivity index (χ3n) is 4.09. The number of hydrogen-bond acceptors (Lipinski definition) is 7. The van der Waals surface area contributed by atoms with Crippen molar-refractivity contribution in [1.29, 1.82) is 0 Å². The summed E-state index contributed by atoms with van der Waals surface area (Å²) in [7, 11) is 0. The summed E-state index contributed by atoms with van der Waals surface area (Å²) in [6.07, 6.45) is 4.69. The normalized spacial score (nSPS) is 16.4. The topological polar surface area (TPSA) is 108 Å². The monoisotopic (exact) mass is 340 g/mol. The molecule has 0 saturated carbocycles. The first-order valence-corrected chi connectivity index (χ1v) is 7.86. The number of fused-ring (bicyclic) bond motifs is 1. The lowest BCUT2D eigenvalue weighted by molar-refractivity contribution is 0.00176. The van der Waals surface area contributed by atoms with Gasteiger partial charge in [-0.2, -0.15) is 0 Å². The number of nitrogens with zero attached hydrogens (tertiary/aromatic N) is 5. The Morgan fingerprint density at radius 2 is 2.36 bits per heavy atom. The van der Waals surface area contributed by atoms with Crippen molar-refractivity contribution in [2.75, 3.05) is 6.54 Å². The van der Waals surface area contributed by atoms with Gasteiger partial charge in [-0.1, -0.05) is 10.4 Å². The minimum Gasteiger partial charge on any atom is -0.368 e. The Labute approximate surface area is 143 Å². The van der Waals surface area contributed by atoms with Gasteiger partial charge in [-0.05, 0) is 19.1 Å². The van der Waals surface area contributed by atoms with Gasteiger partial charge in [-0.15, -0.1) is 5.10 Å². The van der Waals surface area contributed by atoms with Crippen LogP contribution in [-0.4, -0.2) is 43.7 Å². The molecule has 1 unspecified atom stereocenters. The standard InChI is InChI=1S/C16H16N6O3/c1-10-13(7-19-25-10)16(23)18-6-12-8-22-14(9-24-12)15(20-21-22)11-3-2-4-17-5-11/h2-5,7,12H,6,8-9H2,1H3,(H,18,23). The molecule has 0 spiro atoms. The van der Waals surface area contributed by atoms with E-state index in [2.05, 4.69) is 25.8 Å². The van der Waals surface area contributed by atoms with Gasteiger partial charge in [0.2, 0.25) is 0 Å². The van der Waals surface area contributed by atoms with Gasteiger partial charge >= 0.3 is 0 Å². The van der Waals surface area contributed by atoms with Crippen LogP contribution in [0, 0.1) is 6.92 Å². The fourth-order valence-electron chi connectivity index (χ4n) is 2.73. The number of amides is 1. The zero-order chi connectivity index (χ0) is 17.2. The lowest BCUT2D eigenvalue weighted by Gasteiger charge is -2.24. The van der Waals surface area contributed by atoms with Gasteiger partial charge < -0.3 is 14.6 Å². The summed E-state index contributed by atoms with van der Waals surface area (Å²) in [4.78, 5) is 16.2. The Balaban J connectivity index is 1.41. The average Bonchev–Trinajstić information content (AvgIpc) is 3.26. The summed E-state index contributed by atoms with van der Waals surface area (Å²) in [5.41, 5.74) is 3.01. The molecule has 1 N–H and O–H groups in total. The van der Waals surface area contributed by atoms with E-state index in [1.807, 2.05) is 16.8 Å². The molecule has 9 nitrogen and oxygen atoms in total. The largest absolute Gasteiger partial charge is 0.368 e. The molecular formula is C16H16N6O3. The van der Waals surface area contributed by atoms with E-state index >= 15 is 0 Å². The second-order valence-corrected chi connectivity index (χ2v) is 5.75. The van der Waals surface area contributed by atoms with Crippen molar-refractivity contribution in [2.24, 2.45) is 0 Å². The van der Waals surface area contributed by atoms with Crippen molar-refractivity contribution in [1.82, 2.24) is 30.5 Å². The van der Waals surface area contributed by atoms with Crippen LogP contribution in [0.25, 0.3) is 11.3 Å². The Morgan fingerprint density at radius 1 is 1.44 bits per heavy atom. The molecule has 1 aliphatic rings. The maximum atomic E-state index is 12.1. The fraction of sp³-hybridized carbons (Fsp3) is 0.312. The maximum absolute atomic E-state index is 12.1. The predicted octanol–water partition coefficient (Wildman–Crippen LogP) is 0.965. The van der Waals surface area contributed by atoms with Crippen LogP contribution in [0.15, 0.2) is 35.2 Å². The number of carbonyl (C=O) groups excluding carboxylic acids is 1. The van der Waals surface area contributed by atoms with E-state index in [0.717, 1.165) is 17.0 Å². The first kappa shape index (κ1) is 15.5. The molecule has 0 saturated heterocycles. The summed E-state index contributed by atoms with van der Waals surface area (Å²) < 4.78 is 12.6. The molecule has 1 amide bonds. The first-order chi connectivity index (χ1) is 12.2. The van der Waals surface area contributed by atoms with Crippen LogP contribution in [0.5, 0.6) is 0 Å². The second kappa shape index (κ2) is 6.44. The second-order valence-electron chi connectivity index (χ2n) is 5.75. The molecule has 1 aliphatic heterocycles. The van der Waals surface area contributed by atoms with Crippen molar-refractivity contribution < 1.29 is 14.1 Å². The van der Waals surface area contributed by atoms with Crippen LogP contribution < -0.4 is 5.32 Å². The van der Waals surface area contributed by atoms with Gasteiger partial charge in [0.1, 0.15) is 17.0 Å². The molecule has 25 heavy (non-hydrogen) atoms. The molecule has 0 radical (unpaired) electrons. The number of rotatable bonds is 4. The SMILES string of the molecule is Cc1oncc1C(=O)NCC1Cn2nnc(-c3cccnc3)c2CO1. The molecule has 4 heterocycles. The van der Waals surface area contributed by atoms with Crippen LogP contribution >= 0.6 is 0 Å². The van der Waals surface area contributed by atoms with E-state index in [1.54, 1.807) is 19.3 Å². The molecule has 1 atom stereocenters. The van der Waals surface area contributed by atoms with Crippen LogP contribution in [0.4, 0.5) is 0 Å². The summed E-state index contributed by atoms with van der Waals surface area (Å²) in [5, 5.41) is 14.9. The van der Waals surface area contributed by atoms with Crippen molar-refractivity contribution >= 4 is 5.91 Å². The number of aromatic nitrogens is 5. The highest BCUT2D eigenvalue weighted by Gasteiger charge is 2.25. The molecule has 0 fully saturated rings. The van der Waals surface area contributed by atoms with Crippen molar-refractivity contribution in [2.45, 2.75) is 26.2 Å². The van der Waals surface area contributed by atoms with Gasteiger partial charge in [-0.3, -0.25) is 9.78 Å². The van der Waals surface area contributed by atoms with Crippen LogP contribution in [0.3, 0.4) is 0 Å². The number of nitrogens with one attached hydrogen (secondary N) is 1. The Hall–Kier alpha value is -3.07. The zero-order valence-corrected chi connectivity index (χ0v) is 13.5. The number of ether oxygens (including phenoxy) is 1. The molecule has 128 valence electrons. The lowest BCUT2D eigenvalue weighted by atomic mass is 10.1. The van der Waals surface area contributed by atoms with E-state index in [1.165, 1.54) is 6.20 Å². The summed E-state index contributed by atoms with van der Waals surface area (Å²) in [5.74, 6) is 0.254. The van der Waals surface area contributed by atoms with Gasteiger partial charge in [-0.25, -0.2) is 4.68 Å². The van der Waals surface area contributed by atoms with Gasteiger partial charge in [0.05, 0.1) is 31.1 Å². The first-order valence-electron chi connectivity index (χ1n) is 7.86. The number of aryl methyl sites for hydroxylation is 1. The minimum absolute atomic E-state index is 0.180. The molecular weight excluding hydrogens is 324 g/mol. The zero-order valence-electron chi connectivity index (χ0n) is 13.5. The maximum Gasteiger partial charge on any atom is 0.256 e. The molecule has 9 heteroatoms. The van der Waals surface area contributed by atoms with Gasteiger partial charge in [0, 0.05) is 24.5 Å². The molecule has 0 aliphatic carbocycles. The number of pyridine rings is 1. The molecule has 4 rings (SSSR count).